The number of carbonyl (C=O) groups is 3. The number of ether oxygens (including phenoxy) is 1. The van der Waals surface area contributed by atoms with Gasteiger partial charge in [0.15, 0.2) is 6.61 Å². The van der Waals surface area contributed by atoms with Crippen LogP contribution in [0.5, 0.6) is 0 Å². The van der Waals surface area contributed by atoms with Crippen molar-refractivity contribution < 1.29 is 19.1 Å². The van der Waals surface area contributed by atoms with Gasteiger partial charge in [-0.05, 0) is 49.4 Å². The average Bonchev–Trinajstić information content (AvgIpc) is 3.51. The summed E-state index contributed by atoms with van der Waals surface area (Å²) in [5, 5.41) is 2.82. The molecule has 29 heavy (non-hydrogen) atoms. The lowest BCUT2D eigenvalue weighted by Gasteiger charge is -2.19. The van der Waals surface area contributed by atoms with E-state index in [0.717, 1.165) is 35.2 Å². The van der Waals surface area contributed by atoms with Crippen LogP contribution in [0.15, 0.2) is 48.5 Å². The minimum absolute atomic E-state index is 0.117. The molecule has 2 aromatic carbocycles. The fourth-order valence-electron chi connectivity index (χ4n) is 3.23. The summed E-state index contributed by atoms with van der Waals surface area (Å²) in [6.07, 6.45) is 1.44. The molecule has 1 aliphatic rings. The molecule has 0 aromatic heterocycles. The van der Waals surface area contributed by atoms with Gasteiger partial charge in [0.05, 0.1) is 12.0 Å². The fraction of sp³-hybridized carbons (Fsp3) is 0.348. The van der Waals surface area contributed by atoms with Gasteiger partial charge in [0.1, 0.15) is 0 Å². The number of benzene rings is 2. The zero-order chi connectivity index (χ0) is 21.0. The summed E-state index contributed by atoms with van der Waals surface area (Å²) >= 11 is 0. The lowest BCUT2D eigenvalue weighted by molar-refractivity contribution is -0.154. The third-order valence-electron chi connectivity index (χ3n) is 5.27. The molecule has 1 saturated carbocycles. The van der Waals surface area contributed by atoms with Crippen LogP contribution in [0.3, 0.4) is 0 Å². The van der Waals surface area contributed by atoms with Gasteiger partial charge in [-0.1, -0.05) is 42.5 Å². The molecule has 0 spiro atoms. The molecule has 1 fully saturated rings. The summed E-state index contributed by atoms with van der Waals surface area (Å²) in [5.41, 5.74) is 3.00. The number of rotatable bonds is 7. The number of hydrogen-bond acceptors (Lipinski definition) is 4. The molecule has 0 bridgehead atoms. The van der Waals surface area contributed by atoms with E-state index in [4.69, 9.17) is 4.74 Å². The standard InChI is InChI=1S/C23H26N2O4/c1-16-9-10-17(2)19(13-16)24-20(26)14-25(3)21(27)15-29-22(28)23(11-12-23)18-7-5-4-6-8-18/h4-10,13H,11-12,14-15H2,1-3H3,(H,24,26). The number of likely N-dealkylation sites (N-methyl/N-ethyl adjacent to an activating group) is 1. The van der Waals surface area contributed by atoms with E-state index in [-0.39, 0.29) is 25.0 Å². The largest absolute Gasteiger partial charge is 0.455 e. The van der Waals surface area contributed by atoms with E-state index in [2.05, 4.69) is 5.32 Å². The van der Waals surface area contributed by atoms with Crippen molar-refractivity contribution >= 4 is 23.5 Å². The maximum absolute atomic E-state index is 12.5. The SMILES string of the molecule is Cc1ccc(C)c(NC(=O)CN(C)C(=O)COC(=O)C2(c3ccccc3)CC2)c1. The molecule has 0 unspecified atom stereocenters. The maximum atomic E-state index is 12.5. The Morgan fingerprint density at radius 2 is 1.76 bits per heavy atom. The van der Waals surface area contributed by atoms with Crippen LogP contribution in [0, 0.1) is 13.8 Å². The molecule has 1 N–H and O–H groups in total. The Morgan fingerprint density at radius 1 is 1.07 bits per heavy atom. The highest BCUT2D eigenvalue weighted by Crippen LogP contribution is 2.49. The number of carbonyl (C=O) groups excluding carboxylic acids is 3. The normalized spacial score (nSPS) is 14.0. The number of esters is 1. The van der Waals surface area contributed by atoms with Crippen LogP contribution < -0.4 is 5.32 Å². The van der Waals surface area contributed by atoms with Crippen molar-refractivity contribution in [3.8, 4) is 0 Å². The zero-order valence-corrected chi connectivity index (χ0v) is 17.0. The molecule has 3 rings (SSSR count). The predicted molar refractivity (Wildman–Crippen MR) is 110 cm³/mol. The van der Waals surface area contributed by atoms with E-state index in [1.54, 1.807) is 0 Å². The van der Waals surface area contributed by atoms with Crippen molar-refractivity contribution in [3.05, 3.63) is 65.2 Å². The molecule has 6 heteroatoms. The number of amides is 2. The number of aryl methyl sites for hydroxylation is 2. The zero-order valence-electron chi connectivity index (χ0n) is 17.0. The van der Waals surface area contributed by atoms with Gasteiger partial charge in [0.25, 0.3) is 5.91 Å². The second-order valence-electron chi connectivity index (χ2n) is 7.64. The summed E-state index contributed by atoms with van der Waals surface area (Å²) in [7, 11) is 1.52. The summed E-state index contributed by atoms with van der Waals surface area (Å²) in [5.74, 6) is -1.10. The molecule has 2 aromatic rings. The Morgan fingerprint density at radius 3 is 2.41 bits per heavy atom. The van der Waals surface area contributed by atoms with Crippen LogP contribution in [0.4, 0.5) is 5.69 Å². The molecule has 0 radical (unpaired) electrons. The molecule has 0 saturated heterocycles. The molecule has 2 amide bonds. The number of anilines is 1. The number of nitrogens with zero attached hydrogens (tertiary/aromatic N) is 1. The van der Waals surface area contributed by atoms with E-state index in [1.807, 2.05) is 62.4 Å². The van der Waals surface area contributed by atoms with Crippen molar-refractivity contribution in [3.63, 3.8) is 0 Å². The van der Waals surface area contributed by atoms with Crippen LogP contribution in [0.25, 0.3) is 0 Å². The fourth-order valence-corrected chi connectivity index (χ4v) is 3.23. The monoisotopic (exact) mass is 394 g/mol. The molecule has 152 valence electrons. The third kappa shape index (κ3) is 4.83. The Labute approximate surface area is 170 Å². The average molecular weight is 394 g/mol. The van der Waals surface area contributed by atoms with Crippen LogP contribution in [0.1, 0.15) is 29.5 Å². The lowest BCUT2D eigenvalue weighted by atomic mass is 9.96. The van der Waals surface area contributed by atoms with Gasteiger partial charge in [-0.3, -0.25) is 14.4 Å². The first-order valence-electron chi connectivity index (χ1n) is 9.66. The highest BCUT2D eigenvalue weighted by molar-refractivity contribution is 5.95. The van der Waals surface area contributed by atoms with Crippen molar-refractivity contribution in [1.82, 2.24) is 4.90 Å². The van der Waals surface area contributed by atoms with Crippen molar-refractivity contribution in [2.24, 2.45) is 0 Å². The van der Waals surface area contributed by atoms with E-state index >= 15 is 0 Å². The van der Waals surface area contributed by atoms with Crippen molar-refractivity contribution in [1.29, 1.82) is 0 Å². The topological polar surface area (TPSA) is 75.7 Å². The second-order valence-corrected chi connectivity index (χ2v) is 7.64. The van der Waals surface area contributed by atoms with E-state index in [9.17, 15) is 14.4 Å². The van der Waals surface area contributed by atoms with Gasteiger partial charge in [-0.2, -0.15) is 0 Å². The van der Waals surface area contributed by atoms with Gasteiger partial charge in [-0.15, -0.1) is 0 Å². The summed E-state index contributed by atoms with van der Waals surface area (Å²) in [4.78, 5) is 38.4. The molecular formula is C23H26N2O4. The van der Waals surface area contributed by atoms with Crippen molar-refractivity contribution in [2.75, 3.05) is 25.5 Å². The molecule has 1 aliphatic carbocycles. The third-order valence-corrected chi connectivity index (χ3v) is 5.27. The minimum Gasteiger partial charge on any atom is -0.455 e. The lowest BCUT2D eigenvalue weighted by Crippen LogP contribution is -2.38. The quantitative estimate of drug-likeness (QED) is 0.733. The molecule has 0 heterocycles. The maximum Gasteiger partial charge on any atom is 0.317 e. The summed E-state index contributed by atoms with van der Waals surface area (Å²) in [6, 6.07) is 15.3. The van der Waals surface area contributed by atoms with Gasteiger partial charge in [0.2, 0.25) is 5.91 Å². The first kappa shape index (κ1) is 20.6. The van der Waals surface area contributed by atoms with E-state index in [0.29, 0.717) is 0 Å². The highest BCUT2D eigenvalue weighted by Gasteiger charge is 2.52. The van der Waals surface area contributed by atoms with Gasteiger partial charge < -0.3 is 15.0 Å². The Bertz CT molecular complexity index is 920. The first-order chi connectivity index (χ1) is 13.8. The molecule has 6 nitrogen and oxygen atoms in total. The summed E-state index contributed by atoms with van der Waals surface area (Å²) in [6.45, 7) is 3.36. The molecular weight excluding hydrogens is 368 g/mol. The van der Waals surface area contributed by atoms with Crippen LogP contribution >= 0.6 is 0 Å². The second kappa shape index (κ2) is 8.47. The number of nitrogens with one attached hydrogen (secondary N) is 1. The van der Waals surface area contributed by atoms with Gasteiger partial charge in [-0.25, -0.2) is 0 Å². The summed E-state index contributed by atoms with van der Waals surface area (Å²) < 4.78 is 5.28. The van der Waals surface area contributed by atoms with Gasteiger partial charge in [0, 0.05) is 12.7 Å². The van der Waals surface area contributed by atoms with E-state index in [1.165, 1.54) is 11.9 Å². The molecule has 0 aliphatic heterocycles. The van der Waals surface area contributed by atoms with Gasteiger partial charge >= 0.3 is 5.97 Å². The minimum atomic E-state index is -0.625. The van der Waals surface area contributed by atoms with Crippen LogP contribution in [-0.4, -0.2) is 42.9 Å². The van der Waals surface area contributed by atoms with Crippen LogP contribution in [0.2, 0.25) is 0 Å². The Hall–Kier alpha value is -3.15. The Kier molecular flexibility index (Phi) is 6.01. The predicted octanol–water partition coefficient (Wildman–Crippen LogP) is 2.98. The highest BCUT2D eigenvalue weighted by atomic mass is 16.5. The first-order valence-corrected chi connectivity index (χ1v) is 9.66. The van der Waals surface area contributed by atoms with Crippen LogP contribution in [-0.2, 0) is 24.5 Å². The van der Waals surface area contributed by atoms with E-state index < -0.39 is 11.3 Å². The smallest absolute Gasteiger partial charge is 0.317 e. The molecule has 0 atom stereocenters. The van der Waals surface area contributed by atoms with Crippen molar-refractivity contribution in [2.45, 2.75) is 32.1 Å². The number of hydrogen-bond donors (Lipinski definition) is 1. The Balaban J connectivity index is 1.50.